The maximum absolute atomic E-state index is 6.07. The van der Waals surface area contributed by atoms with Crippen LogP contribution in [0, 0.1) is 17.3 Å². The SMILES string of the molecule is CN=C(NC1C2CCCOC2C1(C)C)N1CCC(CN2CCCCC2)C1.I. The van der Waals surface area contributed by atoms with Gasteiger partial charge in [-0.15, -0.1) is 24.0 Å². The Bertz CT molecular complexity index is 520. The van der Waals surface area contributed by atoms with Crippen LogP contribution in [-0.4, -0.2) is 74.3 Å². The van der Waals surface area contributed by atoms with Crippen molar-refractivity contribution in [1.29, 1.82) is 0 Å². The van der Waals surface area contributed by atoms with Crippen LogP contribution >= 0.6 is 24.0 Å². The molecule has 3 aliphatic heterocycles. The van der Waals surface area contributed by atoms with Crippen molar-refractivity contribution in [2.45, 2.75) is 64.5 Å². The number of fused-ring (bicyclic) bond motifs is 1. The molecule has 0 amide bonds. The fourth-order valence-corrected chi connectivity index (χ4v) is 5.93. The van der Waals surface area contributed by atoms with Gasteiger partial charge in [0.1, 0.15) is 0 Å². The van der Waals surface area contributed by atoms with E-state index < -0.39 is 0 Å². The average Bonchev–Trinajstić information content (AvgIpc) is 3.11. The zero-order chi connectivity index (χ0) is 18.1. The molecule has 0 spiro atoms. The molecule has 27 heavy (non-hydrogen) atoms. The van der Waals surface area contributed by atoms with E-state index in [1.165, 1.54) is 58.2 Å². The predicted octanol–water partition coefficient (Wildman–Crippen LogP) is 3.19. The number of hydrogen-bond acceptors (Lipinski definition) is 3. The molecule has 3 heterocycles. The van der Waals surface area contributed by atoms with E-state index >= 15 is 0 Å². The molecule has 1 N–H and O–H groups in total. The first-order valence-corrected chi connectivity index (χ1v) is 10.9. The van der Waals surface area contributed by atoms with Crippen LogP contribution in [0.3, 0.4) is 0 Å². The quantitative estimate of drug-likeness (QED) is 0.375. The molecule has 4 rings (SSSR count). The number of guanidine groups is 1. The lowest BCUT2D eigenvalue weighted by molar-refractivity contribution is -0.188. The van der Waals surface area contributed by atoms with Gasteiger partial charge in [0.15, 0.2) is 5.96 Å². The Morgan fingerprint density at radius 3 is 2.63 bits per heavy atom. The summed E-state index contributed by atoms with van der Waals surface area (Å²) in [6, 6.07) is 0.493. The van der Waals surface area contributed by atoms with E-state index in [1.54, 1.807) is 0 Å². The van der Waals surface area contributed by atoms with Crippen molar-refractivity contribution >= 4 is 29.9 Å². The molecular weight excluding hydrogens is 451 g/mol. The lowest BCUT2D eigenvalue weighted by atomic mass is 9.55. The molecule has 0 bridgehead atoms. The molecule has 0 aromatic heterocycles. The number of halogens is 1. The lowest BCUT2D eigenvalue weighted by Crippen LogP contribution is -2.71. The summed E-state index contributed by atoms with van der Waals surface area (Å²) < 4.78 is 6.07. The molecule has 4 fully saturated rings. The summed E-state index contributed by atoms with van der Waals surface area (Å²) in [6.07, 6.45) is 8.43. The Morgan fingerprint density at radius 1 is 1.11 bits per heavy atom. The molecule has 156 valence electrons. The van der Waals surface area contributed by atoms with E-state index in [4.69, 9.17) is 4.74 Å². The molecule has 5 nitrogen and oxygen atoms in total. The van der Waals surface area contributed by atoms with Gasteiger partial charge in [0.25, 0.3) is 0 Å². The maximum atomic E-state index is 6.07. The average molecular weight is 490 g/mol. The summed E-state index contributed by atoms with van der Waals surface area (Å²) >= 11 is 0. The highest BCUT2D eigenvalue weighted by molar-refractivity contribution is 14.0. The topological polar surface area (TPSA) is 40.1 Å². The molecular formula is C21H39IN4O. The van der Waals surface area contributed by atoms with Crippen molar-refractivity contribution in [1.82, 2.24) is 15.1 Å². The standard InChI is InChI=1S/C21H38N4O.HI/c1-21(2)18(17-8-7-13-26-19(17)21)23-20(22-3)25-12-9-16(15-25)14-24-10-5-4-6-11-24;/h16-19H,4-15H2,1-3H3,(H,22,23);1H. The van der Waals surface area contributed by atoms with Gasteiger partial charge in [0.2, 0.25) is 0 Å². The van der Waals surface area contributed by atoms with Crippen molar-refractivity contribution < 1.29 is 4.74 Å². The van der Waals surface area contributed by atoms with Crippen LogP contribution in [0.25, 0.3) is 0 Å². The molecule has 6 heteroatoms. The van der Waals surface area contributed by atoms with E-state index in [9.17, 15) is 0 Å². The number of likely N-dealkylation sites (tertiary alicyclic amines) is 2. The number of ether oxygens (including phenoxy) is 1. The first-order valence-electron chi connectivity index (χ1n) is 10.9. The molecule has 3 saturated heterocycles. The van der Waals surface area contributed by atoms with Crippen molar-refractivity contribution in [3.8, 4) is 0 Å². The third-order valence-corrected chi connectivity index (χ3v) is 7.38. The van der Waals surface area contributed by atoms with Gasteiger partial charge in [-0.3, -0.25) is 4.99 Å². The van der Waals surface area contributed by atoms with E-state index in [2.05, 4.69) is 34.0 Å². The molecule has 4 unspecified atom stereocenters. The van der Waals surface area contributed by atoms with Crippen molar-refractivity contribution in [2.75, 3.05) is 46.4 Å². The lowest BCUT2D eigenvalue weighted by Gasteiger charge is -2.60. The molecule has 1 aliphatic carbocycles. The number of nitrogens with zero attached hydrogens (tertiary/aromatic N) is 3. The molecule has 0 aromatic carbocycles. The number of aliphatic imine (C=N–C) groups is 1. The zero-order valence-electron chi connectivity index (χ0n) is 17.5. The highest BCUT2D eigenvalue weighted by Crippen LogP contribution is 2.51. The van der Waals surface area contributed by atoms with Crippen molar-refractivity contribution in [3.63, 3.8) is 0 Å². The highest BCUT2D eigenvalue weighted by Gasteiger charge is 2.58. The first kappa shape index (κ1) is 21.6. The van der Waals surface area contributed by atoms with Gasteiger partial charge in [-0.25, -0.2) is 0 Å². The third kappa shape index (κ3) is 4.42. The van der Waals surface area contributed by atoms with Crippen LogP contribution in [0.5, 0.6) is 0 Å². The maximum Gasteiger partial charge on any atom is 0.193 e. The van der Waals surface area contributed by atoms with Crippen LogP contribution in [0.1, 0.15) is 52.4 Å². The number of rotatable bonds is 3. The van der Waals surface area contributed by atoms with Gasteiger partial charge in [0.05, 0.1) is 6.10 Å². The van der Waals surface area contributed by atoms with Crippen LogP contribution < -0.4 is 5.32 Å². The number of nitrogens with one attached hydrogen (secondary N) is 1. The van der Waals surface area contributed by atoms with Gasteiger partial charge in [0, 0.05) is 50.7 Å². The molecule has 0 radical (unpaired) electrons. The minimum Gasteiger partial charge on any atom is -0.377 e. The smallest absolute Gasteiger partial charge is 0.193 e. The second-order valence-electron chi connectivity index (χ2n) is 9.55. The summed E-state index contributed by atoms with van der Waals surface area (Å²) in [7, 11) is 1.95. The minimum atomic E-state index is 0. The summed E-state index contributed by atoms with van der Waals surface area (Å²) in [5, 5.41) is 3.84. The van der Waals surface area contributed by atoms with Crippen LogP contribution in [0.2, 0.25) is 0 Å². The largest absolute Gasteiger partial charge is 0.377 e. The van der Waals surface area contributed by atoms with Crippen molar-refractivity contribution in [2.24, 2.45) is 22.2 Å². The second kappa shape index (κ2) is 9.16. The first-order chi connectivity index (χ1) is 12.6. The van der Waals surface area contributed by atoms with Gasteiger partial charge >= 0.3 is 0 Å². The second-order valence-corrected chi connectivity index (χ2v) is 9.55. The van der Waals surface area contributed by atoms with E-state index in [0.29, 0.717) is 18.1 Å². The van der Waals surface area contributed by atoms with Gasteiger partial charge in [-0.1, -0.05) is 20.3 Å². The zero-order valence-corrected chi connectivity index (χ0v) is 19.8. The molecule has 4 aliphatic rings. The Labute approximate surface area is 182 Å². The summed E-state index contributed by atoms with van der Waals surface area (Å²) in [5.41, 5.74) is 0.202. The predicted molar refractivity (Wildman–Crippen MR) is 122 cm³/mol. The van der Waals surface area contributed by atoms with E-state index in [-0.39, 0.29) is 29.4 Å². The summed E-state index contributed by atoms with van der Waals surface area (Å²) in [5.74, 6) is 2.57. The fourth-order valence-electron chi connectivity index (χ4n) is 5.93. The van der Waals surface area contributed by atoms with Crippen molar-refractivity contribution in [3.05, 3.63) is 0 Å². The summed E-state index contributed by atoms with van der Waals surface area (Å²) in [6.45, 7) is 11.9. The van der Waals surface area contributed by atoms with Gasteiger partial charge in [-0.2, -0.15) is 0 Å². The summed E-state index contributed by atoms with van der Waals surface area (Å²) in [4.78, 5) is 9.84. The normalized spacial score (nSPS) is 36.6. The third-order valence-electron chi connectivity index (χ3n) is 7.38. The molecule has 4 atom stereocenters. The molecule has 1 saturated carbocycles. The van der Waals surface area contributed by atoms with Gasteiger partial charge in [-0.05, 0) is 51.1 Å². The Morgan fingerprint density at radius 2 is 1.89 bits per heavy atom. The van der Waals surface area contributed by atoms with Gasteiger partial charge < -0.3 is 19.9 Å². The fraction of sp³-hybridized carbons (Fsp3) is 0.952. The van der Waals surface area contributed by atoms with Crippen LogP contribution in [0.4, 0.5) is 0 Å². The number of hydrogen-bond donors (Lipinski definition) is 1. The Balaban J connectivity index is 0.00000210. The monoisotopic (exact) mass is 490 g/mol. The number of piperidine rings is 1. The van der Waals surface area contributed by atoms with E-state index in [1.807, 2.05) is 7.05 Å². The van der Waals surface area contributed by atoms with E-state index in [0.717, 1.165) is 31.6 Å². The minimum absolute atomic E-state index is 0. The highest BCUT2D eigenvalue weighted by atomic mass is 127. The van der Waals surface area contributed by atoms with Crippen LogP contribution in [-0.2, 0) is 4.74 Å². The van der Waals surface area contributed by atoms with Crippen LogP contribution in [0.15, 0.2) is 4.99 Å². The Kier molecular flexibility index (Phi) is 7.34. The Hall–Kier alpha value is -0.0800. The molecule has 0 aromatic rings.